The van der Waals surface area contributed by atoms with Crippen LogP contribution in [0.3, 0.4) is 0 Å². The number of carbonyl (C=O) groups is 3. The van der Waals surface area contributed by atoms with E-state index in [2.05, 4.69) is 10.6 Å². The summed E-state index contributed by atoms with van der Waals surface area (Å²) in [5.74, 6) is -0.552. The van der Waals surface area contributed by atoms with Gasteiger partial charge in [0.1, 0.15) is 6.54 Å². The smallest absolute Gasteiger partial charge is 0.322 e. The summed E-state index contributed by atoms with van der Waals surface area (Å²) in [5.41, 5.74) is 0.978. The Balaban J connectivity index is 1.90. The van der Waals surface area contributed by atoms with Gasteiger partial charge in [-0.25, -0.2) is 0 Å². The third-order valence-corrected chi connectivity index (χ3v) is 4.41. The summed E-state index contributed by atoms with van der Waals surface area (Å²) in [6, 6.07) is 6.36. The largest absolute Gasteiger partial charge is 0.480 e. The van der Waals surface area contributed by atoms with Crippen molar-refractivity contribution >= 4 is 35.2 Å². The molecule has 0 bridgehead atoms. The van der Waals surface area contributed by atoms with E-state index in [1.165, 1.54) is 0 Å². The minimum atomic E-state index is -1.10. The van der Waals surface area contributed by atoms with Gasteiger partial charge in [0.2, 0.25) is 5.91 Å². The van der Waals surface area contributed by atoms with Crippen molar-refractivity contribution in [2.24, 2.45) is 0 Å². The van der Waals surface area contributed by atoms with Gasteiger partial charge in [-0.3, -0.25) is 14.4 Å². The van der Waals surface area contributed by atoms with E-state index < -0.39 is 18.4 Å². The van der Waals surface area contributed by atoms with Gasteiger partial charge >= 0.3 is 5.97 Å². The monoisotopic (exact) mass is 308 g/mol. The fraction of sp³-hybridized carbons (Fsp3) is 0.357. The van der Waals surface area contributed by atoms with E-state index >= 15 is 0 Å². The van der Waals surface area contributed by atoms with Gasteiger partial charge in [-0.05, 0) is 42.9 Å². The van der Waals surface area contributed by atoms with Crippen LogP contribution in [-0.4, -0.2) is 40.4 Å². The maximum absolute atomic E-state index is 11.9. The quantitative estimate of drug-likeness (QED) is 0.763. The third-order valence-electron chi connectivity index (χ3n) is 3.04. The molecule has 21 heavy (non-hydrogen) atoms. The number of nitrogens with one attached hydrogen (secondary N) is 2. The number of hydrogen-bond acceptors (Lipinski definition) is 4. The van der Waals surface area contributed by atoms with Gasteiger partial charge in [0.05, 0.1) is 5.25 Å². The number of carbonyl (C=O) groups excluding carboxylic acids is 2. The Morgan fingerprint density at radius 2 is 1.95 bits per heavy atom. The maximum Gasteiger partial charge on any atom is 0.322 e. The molecule has 2 rings (SSSR count). The van der Waals surface area contributed by atoms with Crippen LogP contribution in [0.5, 0.6) is 0 Å². The summed E-state index contributed by atoms with van der Waals surface area (Å²) in [5, 5.41) is 13.6. The minimum Gasteiger partial charge on any atom is -0.480 e. The number of aliphatic carboxylic acids is 1. The van der Waals surface area contributed by atoms with Crippen molar-refractivity contribution in [3.05, 3.63) is 29.8 Å². The molecule has 1 aromatic carbocycles. The average molecular weight is 308 g/mol. The van der Waals surface area contributed by atoms with Crippen LogP contribution in [0.25, 0.3) is 0 Å². The number of amides is 2. The lowest BCUT2D eigenvalue weighted by molar-refractivity contribution is -0.135. The highest BCUT2D eigenvalue weighted by Crippen LogP contribution is 2.27. The topological polar surface area (TPSA) is 95.5 Å². The maximum atomic E-state index is 11.9. The number of carboxylic acid groups (broad SMARTS) is 1. The summed E-state index contributed by atoms with van der Waals surface area (Å²) in [7, 11) is 0. The molecule has 0 saturated carbocycles. The van der Waals surface area contributed by atoms with Gasteiger partial charge in [-0.2, -0.15) is 0 Å². The fourth-order valence-corrected chi connectivity index (χ4v) is 3.13. The number of anilines is 1. The number of benzene rings is 1. The number of carboxylic acids is 1. The van der Waals surface area contributed by atoms with Crippen molar-refractivity contribution in [3.63, 3.8) is 0 Å². The predicted octanol–water partition coefficient (Wildman–Crippen LogP) is 1.34. The molecule has 6 nitrogen and oxygen atoms in total. The second-order valence-corrected chi connectivity index (χ2v) is 5.96. The van der Waals surface area contributed by atoms with E-state index in [9.17, 15) is 14.4 Å². The highest BCUT2D eigenvalue weighted by molar-refractivity contribution is 8.00. The summed E-state index contributed by atoms with van der Waals surface area (Å²) >= 11 is 1.66. The molecule has 0 aromatic heterocycles. The molecule has 0 radical (unpaired) electrons. The van der Waals surface area contributed by atoms with E-state index in [1.807, 2.05) is 0 Å². The predicted molar refractivity (Wildman–Crippen MR) is 80.5 cm³/mol. The Kier molecular flexibility index (Phi) is 5.21. The van der Waals surface area contributed by atoms with Gasteiger partial charge in [-0.15, -0.1) is 11.8 Å². The van der Waals surface area contributed by atoms with Gasteiger partial charge in [0.25, 0.3) is 5.91 Å². The third kappa shape index (κ3) is 4.49. The van der Waals surface area contributed by atoms with Gasteiger partial charge < -0.3 is 15.7 Å². The highest BCUT2D eigenvalue weighted by atomic mass is 32.2. The number of thioether (sulfide) groups is 1. The minimum absolute atomic E-state index is 0.00328. The van der Waals surface area contributed by atoms with Crippen molar-refractivity contribution in [2.45, 2.75) is 18.1 Å². The van der Waals surface area contributed by atoms with Crippen molar-refractivity contribution in [3.8, 4) is 0 Å². The van der Waals surface area contributed by atoms with Gasteiger partial charge in [0, 0.05) is 11.3 Å². The van der Waals surface area contributed by atoms with Gasteiger partial charge in [-0.1, -0.05) is 0 Å². The molecule has 0 spiro atoms. The van der Waals surface area contributed by atoms with E-state index in [0.29, 0.717) is 11.3 Å². The van der Waals surface area contributed by atoms with E-state index in [0.717, 1.165) is 18.6 Å². The van der Waals surface area contributed by atoms with Crippen LogP contribution < -0.4 is 10.6 Å². The van der Waals surface area contributed by atoms with Crippen LogP contribution in [-0.2, 0) is 9.59 Å². The molecule has 112 valence electrons. The van der Waals surface area contributed by atoms with E-state index in [-0.39, 0.29) is 11.2 Å². The van der Waals surface area contributed by atoms with Gasteiger partial charge in [0.15, 0.2) is 0 Å². The highest BCUT2D eigenvalue weighted by Gasteiger charge is 2.23. The molecule has 1 fully saturated rings. The van der Waals surface area contributed by atoms with Crippen LogP contribution in [0, 0.1) is 0 Å². The van der Waals surface area contributed by atoms with Crippen LogP contribution in [0.2, 0.25) is 0 Å². The first-order valence-electron chi connectivity index (χ1n) is 6.59. The SMILES string of the molecule is O=C(O)CNC(=O)c1ccc(NC(=O)C2CCCS2)cc1. The summed E-state index contributed by atoms with van der Waals surface area (Å²) in [6.07, 6.45) is 1.96. The Morgan fingerprint density at radius 3 is 2.52 bits per heavy atom. The second kappa shape index (κ2) is 7.12. The first-order chi connectivity index (χ1) is 10.1. The molecule has 1 aliphatic rings. The first-order valence-corrected chi connectivity index (χ1v) is 7.63. The molecular weight excluding hydrogens is 292 g/mol. The van der Waals surface area contributed by atoms with E-state index in [1.54, 1.807) is 36.0 Å². The molecule has 1 saturated heterocycles. The standard InChI is InChI=1S/C14H16N2O4S/c17-12(18)8-15-13(19)9-3-5-10(6-4-9)16-14(20)11-2-1-7-21-11/h3-6,11H,1-2,7-8H2,(H,15,19)(H,16,20)(H,17,18). The molecule has 1 atom stereocenters. The molecule has 1 aliphatic heterocycles. The van der Waals surface area contributed by atoms with Crippen molar-refractivity contribution < 1.29 is 19.5 Å². The molecule has 0 aliphatic carbocycles. The van der Waals surface area contributed by atoms with Crippen LogP contribution >= 0.6 is 11.8 Å². The lowest BCUT2D eigenvalue weighted by Crippen LogP contribution is -2.29. The van der Waals surface area contributed by atoms with Crippen molar-refractivity contribution in [1.82, 2.24) is 5.32 Å². The Morgan fingerprint density at radius 1 is 1.24 bits per heavy atom. The molecule has 2 amide bonds. The first kappa shape index (κ1) is 15.4. The molecule has 7 heteroatoms. The zero-order valence-electron chi connectivity index (χ0n) is 11.3. The zero-order valence-corrected chi connectivity index (χ0v) is 12.1. The lowest BCUT2D eigenvalue weighted by Gasteiger charge is -2.10. The van der Waals surface area contributed by atoms with Crippen molar-refractivity contribution in [1.29, 1.82) is 0 Å². The Labute approximate surface area is 126 Å². The molecular formula is C14H16N2O4S. The number of hydrogen-bond donors (Lipinski definition) is 3. The zero-order chi connectivity index (χ0) is 15.2. The molecule has 1 aromatic rings. The molecule has 1 unspecified atom stereocenters. The average Bonchev–Trinajstić information content (AvgIpc) is 3.00. The van der Waals surface area contributed by atoms with Crippen molar-refractivity contribution in [2.75, 3.05) is 17.6 Å². The van der Waals surface area contributed by atoms with Crippen LogP contribution in [0.1, 0.15) is 23.2 Å². The lowest BCUT2D eigenvalue weighted by atomic mass is 10.2. The van der Waals surface area contributed by atoms with E-state index in [4.69, 9.17) is 5.11 Å². The normalized spacial score (nSPS) is 17.2. The molecule has 3 N–H and O–H groups in total. The van der Waals surface area contributed by atoms with Crippen LogP contribution in [0.4, 0.5) is 5.69 Å². The summed E-state index contributed by atoms with van der Waals surface area (Å²) in [4.78, 5) is 33.9. The van der Waals surface area contributed by atoms with Crippen LogP contribution in [0.15, 0.2) is 24.3 Å². The second-order valence-electron chi connectivity index (χ2n) is 4.64. The molecule has 1 heterocycles. The Hall–Kier alpha value is -2.02. The fourth-order valence-electron chi connectivity index (χ4n) is 1.97. The summed E-state index contributed by atoms with van der Waals surface area (Å²) in [6.45, 7) is -0.420. The Bertz CT molecular complexity index is 538. The number of rotatable bonds is 5. The summed E-state index contributed by atoms with van der Waals surface area (Å²) < 4.78 is 0.